The molecule has 198 valence electrons. The predicted molar refractivity (Wildman–Crippen MR) is 127 cm³/mol. The number of phenolic OH excluding ortho intramolecular Hbond substituents is 2. The number of aromatic hydroxyl groups is 2. The van der Waals surface area contributed by atoms with E-state index < -0.39 is 59.6 Å². The first-order valence-electron chi connectivity index (χ1n) is 11.9. The molecule has 3 aliphatic rings. The maximum absolute atomic E-state index is 12.2. The Hall–Kier alpha value is -3.38. The number of ketones is 1. The molecule has 11 heteroatoms. The highest BCUT2D eigenvalue weighted by molar-refractivity contribution is 6.11. The smallest absolute Gasteiger partial charge is 0.335 e. The van der Waals surface area contributed by atoms with Gasteiger partial charge in [0.2, 0.25) is 6.29 Å². The molecule has 1 saturated carbocycles. The van der Waals surface area contributed by atoms with Crippen molar-refractivity contribution in [1.82, 2.24) is 0 Å². The quantitative estimate of drug-likeness (QED) is 0.257. The number of phenols is 2. The third kappa shape index (κ3) is 3.64. The minimum absolute atomic E-state index is 0.0520. The monoisotopic (exact) mass is 516 g/mol. The number of aliphatic hydroxyl groups is 3. The second kappa shape index (κ2) is 8.88. The third-order valence-corrected chi connectivity index (χ3v) is 7.78. The van der Waals surface area contributed by atoms with Crippen molar-refractivity contribution in [1.29, 1.82) is 0 Å². The zero-order valence-electron chi connectivity index (χ0n) is 20.1. The lowest BCUT2D eigenvalue weighted by atomic mass is 9.64. The molecule has 6 N–H and O–H groups in total. The van der Waals surface area contributed by atoms with Crippen LogP contribution in [0.15, 0.2) is 24.5 Å². The fraction of sp³-hybridized carbons (Fsp3) is 0.462. The zero-order valence-corrected chi connectivity index (χ0v) is 20.1. The number of carboxylic acid groups (broad SMARTS) is 1. The van der Waals surface area contributed by atoms with E-state index in [1.807, 2.05) is 0 Å². The molecule has 1 spiro atoms. The number of carbonyl (C=O) groups excluding carboxylic acids is 1. The van der Waals surface area contributed by atoms with Crippen LogP contribution in [0.2, 0.25) is 0 Å². The standard InChI is InChI=1S/C26H28O11/c1-10-17(11(2)27)20(30)18-14(19(10)29)8-12(24(33)34)9-16(18)36-25-21(31)22(32)26-13(4-3-7-35-26)5-6-15(28)23(26)37-25/h3,7-9,13,15,21-23,25,28-32H,4-6H2,1-2H3,(H,33,34)/t13-,15+,21-,22-,23-,25+,26+/m1/s1. The summed E-state index contributed by atoms with van der Waals surface area (Å²) in [6, 6.07) is 2.17. The van der Waals surface area contributed by atoms with Crippen molar-refractivity contribution in [2.45, 2.75) is 69.4 Å². The number of hydrogen-bond acceptors (Lipinski definition) is 10. The van der Waals surface area contributed by atoms with Gasteiger partial charge in [0.1, 0.15) is 35.6 Å². The van der Waals surface area contributed by atoms with Crippen LogP contribution in [0.25, 0.3) is 10.8 Å². The average Bonchev–Trinajstić information content (AvgIpc) is 2.86. The first-order valence-corrected chi connectivity index (χ1v) is 11.9. The van der Waals surface area contributed by atoms with Crippen molar-refractivity contribution >= 4 is 22.5 Å². The van der Waals surface area contributed by atoms with E-state index in [-0.39, 0.29) is 39.1 Å². The average molecular weight is 516 g/mol. The second-order valence-corrected chi connectivity index (χ2v) is 9.85. The number of benzene rings is 2. The number of carbonyl (C=O) groups is 2. The van der Waals surface area contributed by atoms with Crippen LogP contribution >= 0.6 is 0 Å². The van der Waals surface area contributed by atoms with Crippen LogP contribution in [0.5, 0.6) is 17.2 Å². The molecule has 11 nitrogen and oxygen atoms in total. The zero-order chi connectivity index (χ0) is 26.8. The Labute approximate surface area is 211 Å². The van der Waals surface area contributed by atoms with Gasteiger partial charge in [0.15, 0.2) is 11.4 Å². The molecule has 0 bridgehead atoms. The second-order valence-electron chi connectivity index (χ2n) is 9.85. The molecule has 37 heavy (non-hydrogen) atoms. The number of carboxylic acids is 1. The lowest BCUT2D eigenvalue weighted by Gasteiger charge is -2.57. The normalized spacial score (nSPS) is 32.8. The highest BCUT2D eigenvalue weighted by atomic mass is 16.7. The maximum atomic E-state index is 12.2. The van der Waals surface area contributed by atoms with Gasteiger partial charge < -0.3 is 44.8 Å². The Morgan fingerprint density at radius 2 is 1.84 bits per heavy atom. The number of fused-ring (bicyclic) bond motifs is 1. The molecule has 0 unspecified atom stereocenters. The molecule has 7 atom stereocenters. The molecule has 2 aromatic rings. The van der Waals surface area contributed by atoms with E-state index in [0.717, 1.165) is 12.1 Å². The van der Waals surface area contributed by atoms with Gasteiger partial charge >= 0.3 is 5.97 Å². The molecule has 5 rings (SSSR count). The van der Waals surface area contributed by atoms with E-state index in [4.69, 9.17) is 14.2 Å². The Kier molecular flexibility index (Phi) is 6.06. The molecule has 0 radical (unpaired) electrons. The van der Waals surface area contributed by atoms with Gasteiger partial charge in [-0.2, -0.15) is 0 Å². The molecule has 1 aliphatic carbocycles. The van der Waals surface area contributed by atoms with Gasteiger partial charge in [-0.05, 0) is 51.3 Å². The summed E-state index contributed by atoms with van der Waals surface area (Å²) in [5.41, 5.74) is -1.87. The van der Waals surface area contributed by atoms with E-state index in [9.17, 15) is 40.2 Å². The molecule has 1 saturated heterocycles. The lowest BCUT2D eigenvalue weighted by molar-refractivity contribution is -0.347. The van der Waals surface area contributed by atoms with Gasteiger partial charge in [-0.1, -0.05) is 0 Å². The molecule has 2 aliphatic heterocycles. The molecule has 2 heterocycles. The minimum Gasteiger partial charge on any atom is -0.507 e. The molecule has 0 aromatic heterocycles. The minimum atomic E-state index is -1.70. The Morgan fingerprint density at radius 3 is 2.51 bits per heavy atom. The van der Waals surface area contributed by atoms with Crippen LogP contribution < -0.4 is 4.74 Å². The number of aliphatic hydroxyl groups excluding tert-OH is 3. The highest BCUT2D eigenvalue weighted by Crippen LogP contribution is 2.50. The van der Waals surface area contributed by atoms with Gasteiger partial charge in [-0.3, -0.25) is 4.79 Å². The summed E-state index contributed by atoms with van der Waals surface area (Å²) in [5, 5.41) is 64.1. The van der Waals surface area contributed by atoms with E-state index in [1.165, 1.54) is 20.1 Å². The number of hydrogen-bond donors (Lipinski definition) is 6. The van der Waals surface area contributed by atoms with Crippen LogP contribution in [0, 0.1) is 12.8 Å². The Morgan fingerprint density at radius 1 is 1.11 bits per heavy atom. The Balaban J connectivity index is 1.63. The summed E-state index contributed by atoms with van der Waals surface area (Å²) in [7, 11) is 0. The van der Waals surface area contributed by atoms with Gasteiger partial charge in [0, 0.05) is 16.9 Å². The first-order chi connectivity index (χ1) is 17.5. The summed E-state index contributed by atoms with van der Waals surface area (Å²) in [5.74, 6) is -3.45. The van der Waals surface area contributed by atoms with Crippen molar-refractivity contribution in [3.63, 3.8) is 0 Å². The van der Waals surface area contributed by atoms with Crippen molar-refractivity contribution < 1.29 is 54.4 Å². The van der Waals surface area contributed by atoms with Crippen LogP contribution in [-0.4, -0.2) is 78.7 Å². The number of Topliss-reactive ketones (excluding diaryl/α,β-unsaturated/α-hetero) is 1. The predicted octanol–water partition coefficient (Wildman–Crippen LogP) is 1.73. The van der Waals surface area contributed by atoms with Gasteiger partial charge in [-0.25, -0.2) is 4.79 Å². The van der Waals surface area contributed by atoms with Crippen LogP contribution in [-0.2, 0) is 9.47 Å². The summed E-state index contributed by atoms with van der Waals surface area (Å²) >= 11 is 0. The van der Waals surface area contributed by atoms with Crippen molar-refractivity contribution in [3.05, 3.63) is 41.2 Å². The fourth-order valence-electron chi connectivity index (χ4n) is 5.99. The molecule has 0 amide bonds. The third-order valence-electron chi connectivity index (χ3n) is 7.78. The Bertz CT molecular complexity index is 1320. The summed E-state index contributed by atoms with van der Waals surface area (Å²) in [6.45, 7) is 2.60. The topological polar surface area (TPSA) is 183 Å². The van der Waals surface area contributed by atoms with Crippen molar-refractivity contribution in [3.8, 4) is 17.2 Å². The summed E-state index contributed by atoms with van der Waals surface area (Å²) in [6.07, 6.45) is -2.38. The number of ether oxygens (including phenoxy) is 3. The molecule has 2 aromatic carbocycles. The van der Waals surface area contributed by atoms with E-state index in [1.54, 1.807) is 6.08 Å². The number of rotatable bonds is 4. The van der Waals surface area contributed by atoms with Gasteiger partial charge in [0.05, 0.1) is 28.9 Å². The van der Waals surface area contributed by atoms with Crippen LogP contribution in [0.1, 0.15) is 52.5 Å². The number of aromatic carboxylic acids is 1. The lowest BCUT2D eigenvalue weighted by Crippen LogP contribution is -2.74. The molecular weight excluding hydrogens is 488 g/mol. The fourth-order valence-corrected chi connectivity index (χ4v) is 5.99. The largest absolute Gasteiger partial charge is 0.507 e. The summed E-state index contributed by atoms with van der Waals surface area (Å²) < 4.78 is 17.7. The summed E-state index contributed by atoms with van der Waals surface area (Å²) in [4.78, 5) is 24.0. The first kappa shape index (κ1) is 25.3. The van der Waals surface area contributed by atoms with Gasteiger partial charge in [-0.15, -0.1) is 0 Å². The van der Waals surface area contributed by atoms with E-state index in [2.05, 4.69) is 0 Å². The SMILES string of the molecule is CC(=O)c1c(C)c(O)c2cc(C(=O)O)cc(O[C@H]3O[C@@H]4[C@@H](O)CC[C@H]5CC=CO[C@]54[C@H](O)[C@H]3O)c2c1O. The molecular formula is C26H28O11. The highest BCUT2D eigenvalue weighted by Gasteiger charge is 2.65. The van der Waals surface area contributed by atoms with Crippen molar-refractivity contribution in [2.24, 2.45) is 5.92 Å². The van der Waals surface area contributed by atoms with E-state index >= 15 is 0 Å². The molecule has 2 fully saturated rings. The van der Waals surface area contributed by atoms with Crippen LogP contribution in [0.4, 0.5) is 0 Å². The van der Waals surface area contributed by atoms with Crippen LogP contribution in [0.3, 0.4) is 0 Å². The van der Waals surface area contributed by atoms with E-state index in [0.29, 0.717) is 19.3 Å². The van der Waals surface area contributed by atoms with Crippen molar-refractivity contribution in [2.75, 3.05) is 0 Å². The number of allylic oxidation sites excluding steroid dienone is 1. The van der Waals surface area contributed by atoms with Gasteiger partial charge in [0.25, 0.3) is 0 Å². The maximum Gasteiger partial charge on any atom is 0.335 e.